The standard InChI is InChI=1S/C12H9BrN4.2C2H6/c13-11-7-17-10(5-16-12(17)6-15-11)8-1-3-9(14)4-2-8;2*1-2/h1-7H,14H2;2*1-2H3. The summed E-state index contributed by atoms with van der Waals surface area (Å²) in [7, 11) is 0. The summed E-state index contributed by atoms with van der Waals surface area (Å²) in [6.45, 7) is 8.00. The number of nitrogens with two attached hydrogens (primary N) is 1. The lowest BCUT2D eigenvalue weighted by molar-refractivity contribution is 1.11. The van der Waals surface area contributed by atoms with Crippen LogP contribution in [0.1, 0.15) is 27.7 Å². The van der Waals surface area contributed by atoms with E-state index in [1.54, 1.807) is 6.20 Å². The topological polar surface area (TPSA) is 56.2 Å². The minimum atomic E-state index is 0.755. The molecule has 3 rings (SSSR count). The van der Waals surface area contributed by atoms with E-state index >= 15 is 0 Å². The van der Waals surface area contributed by atoms with Crippen molar-refractivity contribution in [1.82, 2.24) is 14.4 Å². The summed E-state index contributed by atoms with van der Waals surface area (Å²) in [5, 5.41) is 0. The number of fused-ring (bicyclic) bond motifs is 1. The largest absolute Gasteiger partial charge is 0.399 e. The Labute approximate surface area is 134 Å². The summed E-state index contributed by atoms with van der Waals surface area (Å²) in [6.07, 6.45) is 5.45. The van der Waals surface area contributed by atoms with Gasteiger partial charge >= 0.3 is 0 Å². The maximum Gasteiger partial charge on any atom is 0.155 e. The molecule has 112 valence electrons. The van der Waals surface area contributed by atoms with Crippen LogP contribution < -0.4 is 5.73 Å². The highest BCUT2D eigenvalue weighted by Gasteiger charge is 2.06. The molecule has 0 saturated carbocycles. The molecule has 2 N–H and O–H groups in total. The summed E-state index contributed by atoms with van der Waals surface area (Å²) in [5.41, 5.74) is 9.34. The molecular formula is C16H21BrN4. The van der Waals surface area contributed by atoms with E-state index in [1.807, 2.05) is 68.8 Å². The average Bonchev–Trinajstić information content (AvgIpc) is 2.95. The van der Waals surface area contributed by atoms with Gasteiger partial charge < -0.3 is 5.73 Å². The number of aromatic nitrogens is 3. The van der Waals surface area contributed by atoms with Crippen LogP contribution in [0.15, 0.2) is 47.5 Å². The van der Waals surface area contributed by atoms with Gasteiger partial charge in [-0.25, -0.2) is 9.97 Å². The Hall–Kier alpha value is -1.88. The summed E-state index contributed by atoms with van der Waals surface area (Å²) in [6, 6.07) is 7.72. The molecule has 4 nitrogen and oxygen atoms in total. The van der Waals surface area contributed by atoms with E-state index in [4.69, 9.17) is 5.73 Å². The summed E-state index contributed by atoms with van der Waals surface area (Å²) in [5.74, 6) is 0. The van der Waals surface area contributed by atoms with Gasteiger partial charge in [-0.3, -0.25) is 4.40 Å². The van der Waals surface area contributed by atoms with Crippen LogP contribution in [-0.4, -0.2) is 14.4 Å². The Kier molecular flexibility index (Phi) is 6.88. The van der Waals surface area contributed by atoms with Gasteiger partial charge in [-0.1, -0.05) is 39.8 Å². The smallest absolute Gasteiger partial charge is 0.155 e. The van der Waals surface area contributed by atoms with E-state index in [9.17, 15) is 0 Å². The lowest BCUT2D eigenvalue weighted by atomic mass is 10.1. The zero-order valence-electron chi connectivity index (χ0n) is 12.8. The van der Waals surface area contributed by atoms with Crippen molar-refractivity contribution in [3.8, 4) is 11.3 Å². The van der Waals surface area contributed by atoms with Crippen LogP contribution in [0, 0.1) is 0 Å². The Morgan fingerprint density at radius 3 is 2.19 bits per heavy atom. The molecule has 0 atom stereocenters. The summed E-state index contributed by atoms with van der Waals surface area (Å²) >= 11 is 3.36. The van der Waals surface area contributed by atoms with Gasteiger partial charge in [0, 0.05) is 17.4 Å². The van der Waals surface area contributed by atoms with Gasteiger partial charge in [0.25, 0.3) is 0 Å². The Balaban J connectivity index is 0.000000510. The van der Waals surface area contributed by atoms with E-state index in [0.717, 1.165) is 27.2 Å². The van der Waals surface area contributed by atoms with Crippen LogP contribution in [0.3, 0.4) is 0 Å². The zero-order valence-corrected chi connectivity index (χ0v) is 14.4. The highest BCUT2D eigenvalue weighted by Crippen LogP contribution is 2.22. The van der Waals surface area contributed by atoms with E-state index in [2.05, 4.69) is 25.9 Å². The van der Waals surface area contributed by atoms with Gasteiger partial charge in [0.05, 0.1) is 18.1 Å². The van der Waals surface area contributed by atoms with Crippen molar-refractivity contribution < 1.29 is 0 Å². The Morgan fingerprint density at radius 1 is 0.952 bits per heavy atom. The lowest BCUT2D eigenvalue weighted by Crippen LogP contribution is -1.90. The summed E-state index contributed by atoms with van der Waals surface area (Å²) < 4.78 is 2.77. The number of hydrogen-bond donors (Lipinski definition) is 1. The number of anilines is 1. The van der Waals surface area contributed by atoms with E-state index in [-0.39, 0.29) is 0 Å². The predicted molar refractivity (Wildman–Crippen MR) is 93.2 cm³/mol. The fourth-order valence-electron chi connectivity index (χ4n) is 1.73. The molecule has 0 bridgehead atoms. The van der Waals surface area contributed by atoms with Gasteiger partial charge in [0.15, 0.2) is 5.65 Å². The van der Waals surface area contributed by atoms with Crippen molar-refractivity contribution in [2.24, 2.45) is 0 Å². The third-order valence-electron chi connectivity index (χ3n) is 2.57. The second kappa shape index (κ2) is 8.42. The van der Waals surface area contributed by atoms with Crippen LogP contribution >= 0.6 is 15.9 Å². The quantitative estimate of drug-likeness (QED) is 0.643. The van der Waals surface area contributed by atoms with Crippen molar-refractivity contribution in [2.45, 2.75) is 27.7 Å². The van der Waals surface area contributed by atoms with Crippen LogP contribution in [0.2, 0.25) is 0 Å². The molecule has 3 aromatic rings. The van der Waals surface area contributed by atoms with Gasteiger partial charge in [-0.05, 0) is 28.1 Å². The third kappa shape index (κ3) is 4.04. The molecule has 2 heterocycles. The molecule has 0 fully saturated rings. The molecule has 0 aliphatic rings. The molecule has 1 aromatic carbocycles. The van der Waals surface area contributed by atoms with E-state index in [0.29, 0.717) is 0 Å². The molecule has 0 amide bonds. The van der Waals surface area contributed by atoms with Crippen LogP contribution in [0.25, 0.3) is 16.9 Å². The molecule has 0 aliphatic heterocycles. The molecule has 0 spiro atoms. The first-order valence-electron chi connectivity index (χ1n) is 7.08. The SMILES string of the molecule is CC.CC.Nc1ccc(-c2cnc3cnc(Br)cn23)cc1. The first-order chi connectivity index (χ1) is 10.2. The van der Waals surface area contributed by atoms with Crippen molar-refractivity contribution in [2.75, 3.05) is 5.73 Å². The first kappa shape index (κ1) is 17.2. The number of benzene rings is 1. The first-order valence-corrected chi connectivity index (χ1v) is 7.88. The Morgan fingerprint density at radius 2 is 1.57 bits per heavy atom. The van der Waals surface area contributed by atoms with Crippen molar-refractivity contribution in [3.05, 3.63) is 47.5 Å². The normalized spacial score (nSPS) is 9.38. The van der Waals surface area contributed by atoms with Crippen LogP contribution in [0.5, 0.6) is 0 Å². The molecule has 5 heteroatoms. The highest BCUT2D eigenvalue weighted by molar-refractivity contribution is 9.10. The van der Waals surface area contributed by atoms with E-state index in [1.165, 1.54) is 0 Å². The number of imidazole rings is 1. The second-order valence-electron chi connectivity index (χ2n) is 3.70. The van der Waals surface area contributed by atoms with Gasteiger partial charge in [-0.15, -0.1) is 0 Å². The number of nitrogens with zero attached hydrogens (tertiary/aromatic N) is 3. The third-order valence-corrected chi connectivity index (χ3v) is 2.98. The number of nitrogen functional groups attached to an aromatic ring is 1. The fraction of sp³-hybridized carbons (Fsp3) is 0.250. The van der Waals surface area contributed by atoms with Gasteiger partial charge in [0.2, 0.25) is 0 Å². The van der Waals surface area contributed by atoms with Gasteiger partial charge in [0.1, 0.15) is 4.60 Å². The molecule has 0 radical (unpaired) electrons. The predicted octanol–water partition coefficient (Wildman–Crippen LogP) is 4.79. The second-order valence-corrected chi connectivity index (χ2v) is 4.52. The van der Waals surface area contributed by atoms with Crippen molar-refractivity contribution in [1.29, 1.82) is 0 Å². The van der Waals surface area contributed by atoms with E-state index < -0.39 is 0 Å². The fourth-order valence-corrected chi connectivity index (χ4v) is 2.04. The number of hydrogen-bond acceptors (Lipinski definition) is 3. The van der Waals surface area contributed by atoms with Crippen molar-refractivity contribution >= 4 is 27.3 Å². The maximum atomic E-state index is 5.68. The van der Waals surface area contributed by atoms with Crippen molar-refractivity contribution in [3.63, 3.8) is 0 Å². The minimum Gasteiger partial charge on any atom is -0.399 e. The molecule has 21 heavy (non-hydrogen) atoms. The van der Waals surface area contributed by atoms with Crippen LogP contribution in [0.4, 0.5) is 5.69 Å². The average molecular weight is 349 g/mol. The maximum absolute atomic E-state index is 5.68. The monoisotopic (exact) mass is 348 g/mol. The molecule has 2 aromatic heterocycles. The van der Waals surface area contributed by atoms with Gasteiger partial charge in [-0.2, -0.15) is 0 Å². The highest BCUT2D eigenvalue weighted by atomic mass is 79.9. The Bertz CT molecular complexity index is 674. The summed E-state index contributed by atoms with van der Waals surface area (Å²) in [4.78, 5) is 8.45. The molecule has 0 aliphatic carbocycles. The van der Waals surface area contributed by atoms with Crippen LogP contribution in [-0.2, 0) is 0 Å². The molecule has 0 unspecified atom stereocenters. The molecule has 0 saturated heterocycles. The lowest BCUT2D eigenvalue weighted by Gasteiger charge is -2.02. The zero-order chi connectivity index (χ0) is 15.8. The number of rotatable bonds is 1. The number of halogens is 1. The minimum absolute atomic E-state index is 0.755. The molecular weight excluding hydrogens is 328 g/mol.